The molecular formula is C15H23N. The van der Waals surface area contributed by atoms with Crippen LogP contribution in [0.1, 0.15) is 42.9 Å². The monoisotopic (exact) mass is 217 g/mol. The Kier molecular flexibility index (Phi) is 3.65. The number of piperidine rings is 1. The fraction of sp³-hybridized carbons (Fsp3) is 0.600. The Morgan fingerprint density at radius 2 is 2.06 bits per heavy atom. The van der Waals surface area contributed by atoms with E-state index >= 15 is 0 Å². The Morgan fingerprint density at radius 3 is 2.81 bits per heavy atom. The van der Waals surface area contributed by atoms with E-state index in [1.165, 1.54) is 42.5 Å². The van der Waals surface area contributed by atoms with Crippen molar-refractivity contribution < 1.29 is 0 Å². The Hall–Kier alpha value is -0.820. The first-order valence-electron chi connectivity index (χ1n) is 6.47. The highest BCUT2D eigenvalue weighted by Gasteiger charge is 2.18. The topological polar surface area (TPSA) is 3.24 Å². The highest BCUT2D eigenvalue weighted by molar-refractivity contribution is 5.30. The molecule has 0 aliphatic carbocycles. The van der Waals surface area contributed by atoms with E-state index in [0.29, 0.717) is 0 Å². The predicted molar refractivity (Wildman–Crippen MR) is 69.6 cm³/mol. The zero-order valence-corrected chi connectivity index (χ0v) is 10.8. The molecule has 0 spiro atoms. The molecule has 1 aromatic rings. The van der Waals surface area contributed by atoms with Crippen molar-refractivity contribution in [1.29, 1.82) is 0 Å². The first-order chi connectivity index (χ1) is 7.66. The third-order valence-corrected chi connectivity index (χ3v) is 3.82. The Balaban J connectivity index is 2.10. The Labute approximate surface area is 99.5 Å². The molecule has 0 aromatic heterocycles. The van der Waals surface area contributed by atoms with Gasteiger partial charge in [-0.15, -0.1) is 0 Å². The standard InChI is InChI=1S/C15H23N/c1-12-7-8-13(2)15(10-12)11-16-9-5-4-6-14(16)3/h7-8,10,14H,4-6,9,11H2,1-3H3. The van der Waals surface area contributed by atoms with E-state index in [9.17, 15) is 0 Å². The summed E-state index contributed by atoms with van der Waals surface area (Å²) >= 11 is 0. The Morgan fingerprint density at radius 1 is 1.25 bits per heavy atom. The summed E-state index contributed by atoms with van der Waals surface area (Å²) in [6, 6.07) is 7.56. The van der Waals surface area contributed by atoms with Gasteiger partial charge in [-0.2, -0.15) is 0 Å². The van der Waals surface area contributed by atoms with Crippen molar-refractivity contribution in [2.24, 2.45) is 0 Å². The van der Waals surface area contributed by atoms with Gasteiger partial charge in [-0.05, 0) is 51.3 Å². The van der Waals surface area contributed by atoms with Gasteiger partial charge in [-0.3, -0.25) is 4.90 Å². The molecule has 0 saturated carbocycles. The van der Waals surface area contributed by atoms with Crippen molar-refractivity contribution >= 4 is 0 Å². The molecule has 1 heteroatoms. The maximum absolute atomic E-state index is 2.63. The van der Waals surface area contributed by atoms with Gasteiger partial charge in [0, 0.05) is 12.6 Å². The zero-order valence-electron chi connectivity index (χ0n) is 10.8. The quantitative estimate of drug-likeness (QED) is 0.730. The van der Waals surface area contributed by atoms with Crippen molar-refractivity contribution in [3.05, 3.63) is 34.9 Å². The first kappa shape index (κ1) is 11.7. The van der Waals surface area contributed by atoms with Gasteiger partial charge in [0.2, 0.25) is 0 Å². The SMILES string of the molecule is Cc1ccc(C)c(CN2CCCCC2C)c1. The average molecular weight is 217 g/mol. The van der Waals surface area contributed by atoms with Gasteiger partial charge in [-0.1, -0.05) is 30.2 Å². The largest absolute Gasteiger partial charge is 0.296 e. The molecule has 1 saturated heterocycles. The lowest BCUT2D eigenvalue weighted by molar-refractivity contribution is 0.152. The molecule has 1 unspecified atom stereocenters. The van der Waals surface area contributed by atoms with E-state index in [-0.39, 0.29) is 0 Å². The molecule has 1 aliphatic rings. The van der Waals surface area contributed by atoms with Crippen LogP contribution in [-0.4, -0.2) is 17.5 Å². The minimum atomic E-state index is 0.758. The number of hydrogen-bond donors (Lipinski definition) is 0. The van der Waals surface area contributed by atoms with Crippen LogP contribution < -0.4 is 0 Å². The predicted octanol–water partition coefficient (Wildman–Crippen LogP) is 3.68. The minimum Gasteiger partial charge on any atom is -0.296 e. The summed E-state index contributed by atoms with van der Waals surface area (Å²) in [5.41, 5.74) is 4.32. The van der Waals surface area contributed by atoms with Gasteiger partial charge in [-0.25, -0.2) is 0 Å². The van der Waals surface area contributed by atoms with Crippen molar-refractivity contribution in [3.8, 4) is 0 Å². The summed E-state index contributed by atoms with van der Waals surface area (Å²) in [4.78, 5) is 2.63. The molecule has 1 nitrogen and oxygen atoms in total. The number of nitrogens with zero attached hydrogens (tertiary/aromatic N) is 1. The van der Waals surface area contributed by atoms with Gasteiger partial charge >= 0.3 is 0 Å². The molecular weight excluding hydrogens is 194 g/mol. The van der Waals surface area contributed by atoms with Gasteiger partial charge in [0.25, 0.3) is 0 Å². The van der Waals surface area contributed by atoms with Gasteiger partial charge < -0.3 is 0 Å². The molecule has 1 heterocycles. The number of aryl methyl sites for hydroxylation is 2. The van der Waals surface area contributed by atoms with Crippen molar-refractivity contribution in [1.82, 2.24) is 4.90 Å². The second-order valence-corrected chi connectivity index (χ2v) is 5.25. The minimum absolute atomic E-state index is 0.758. The normalized spacial score (nSPS) is 22.3. The highest BCUT2D eigenvalue weighted by atomic mass is 15.2. The number of rotatable bonds is 2. The van der Waals surface area contributed by atoms with E-state index in [1.807, 2.05) is 0 Å². The number of benzene rings is 1. The lowest BCUT2D eigenvalue weighted by Gasteiger charge is -2.33. The van der Waals surface area contributed by atoms with Crippen LogP contribution in [0.15, 0.2) is 18.2 Å². The molecule has 0 bridgehead atoms. The molecule has 16 heavy (non-hydrogen) atoms. The molecule has 1 aromatic carbocycles. The molecule has 1 aliphatic heterocycles. The van der Waals surface area contributed by atoms with Crippen molar-refractivity contribution in [3.63, 3.8) is 0 Å². The van der Waals surface area contributed by atoms with Gasteiger partial charge in [0.1, 0.15) is 0 Å². The summed E-state index contributed by atoms with van der Waals surface area (Å²) in [5.74, 6) is 0. The van der Waals surface area contributed by atoms with Gasteiger partial charge in [0.15, 0.2) is 0 Å². The maximum Gasteiger partial charge on any atom is 0.0239 e. The number of hydrogen-bond acceptors (Lipinski definition) is 1. The summed E-state index contributed by atoms with van der Waals surface area (Å²) in [5, 5.41) is 0. The third-order valence-electron chi connectivity index (χ3n) is 3.82. The Bertz CT molecular complexity index is 356. The van der Waals surface area contributed by atoms with E-state index in [2.05, 4.69) is 43.9 Å². The van der Waals surface area contributed by atoms with Gasteiger partial charge in [0.05, 0.1) is 0 Å². The summed E-state index contributed by atoms with van der Waals surface area (Å²) in [7, 11) is 0. The molecule has 0 N–H and O–H groups in total. The van der Waals surface area contributed by atoms with Crippen LogP contribution in [-0.2, 0) is 6.54 Å². The summed E-state index contributed by atoms with van der Waals surface area (Å²) in [6.45, 7) is 9.18. The summed E-state index contributed by atoms with van der Waals surface area (Å²) < 4.78 is 0. The summed E-state index contributed by atoms with van der Waals surface area (Å²) in [6.07, 6.45) is 4.14. The fourth-order valence-electron chi connectivity index (χ4n) is 2.58. The van der Waals surface area contributed by atoms with Crippen LogP contribution in [0.5, 0.6) is 0 Å². The van der Waals surface area contributed by atoms with E-state index in [0.717, 1.165) is 12.6 Å². The van der Waals surface area contributed by atoms with Crippen LogP contribution in [0.2, 0.25) is 0 Å². The number of likely N-dealkylation sites (tertiary alicyclic amines) is 1. The second-order valence-electron chi connectivity index (χ2n) is 5.25. The van der Waals surface area contributed by atoms with E-state index in [4.69, 9.17) is 0 Å². The molecule has 0 radical (unpaired) electrons. The molecule has 2 rings (SSSR count). The molecule has 0 amide bonds. The van der Waals surface area contributed by atoms with E-state index < -0.39 is 0 Å². The highest BCUT2D eigenvalue weighted by Crippen LogP contribution is 2.21. The van der Waals surface area contributed by atoms with Crippen LogP contribution in [0.25, 0.3) is 0 Å². The third kappa shape index (κ3) is 2.65. The fourth-order valence-corrected chi connectivity index (χ4v) is 2.58. The second kappa shape index (κ2) is 5.01. The van der Waals surface area contributed by atoms with Crippen LogP contribution in [0, 0.1) is 13.8 Å². The lowest BCUT2D eigenvalue weighted by Crippen LogP contribution is -2.36. The van der Waals surface area contributed by atoms with Crippen LogP contribution in [0.4, 0.5) is 0 Å². The zero-order chi connectivity index (χ0) is 11.5. The first-order valence-corrected chi connectivity index (χ1v) is 6.47. The van der Waals surface area contributed by atoms with Crippen molar-refractivity contribution in [2.75, 3.05) is 6.54 Å². The van der Waals surface area contributed by atoms with Crippen LogP contribution in [0.3, 0.4) is 0 Å². The molecule has 88 valence electrons. The average Bonchev–Trinajstić information content (AvgIpc) is 2.27. The lowest BCUT2D eigenvalue weighted by atomic mass is 10.0. The van der Waals surface area contributed by atoms with Crippen molar-refractivity contribution in [2.45, 2.75) is 52.6 Å². The smallest absolute Gasteiger partial charge is 0.0239 e. The van der Waals surface area contributed by atoms with E-state index in [1.54, 1.807) is 0 Å². The molecule has 1 atom stereocenters. The maximum atomic E-state index is 2.63. The van der Waals surface area contributed by atoms with Crippen LogP contribution >= 0.6 is 0 Å². The molecule has 1 fully saturated rings.